The molecule has 118 valence electrons. The molecule has 3 rings (SSSR count). The van der Waals surface area contributed by atoms with Crippen LogP contribution in [0.4, 0.5) is 11.6 Å². The lowest BCUT2D eigenvalue weighted by Crippen LogP contribution is -2.11. The molecule has 0 saturated carbocycles. The van der Waals surface area contributed by atoms with E-state index < -0.39 is 0 Å². The molecule has 0 aliphatic heterocycles. The maximum atomic E-state index is 11.9. The number of nitrogens with zero attached hydrogens (tertiary/aromatic N) is 1. The molecule has 3 aromatic rings. The van der Waals surface area contributed by atoms with Crippen molar-refractivity contribution in [1.82, 2.24) is 9.97 Å². The zero-order chi connectivity index (χ0) is 16.4. The van der Waals surface area contributed by atoms with E-state index in [1.54, 1.807) is 12.1 Å². The summed E-state index contributed by atoms with van der Waals surface area (Å²) in [6.45, 7) is 5.06. The van der Waals surface area contributed by atoms with Crippen LogP contribution >= 0.6 is 0 Å². The molecule has 0 aliphatic rings. The maximum absolute atomic E-state index is 11.9. The highest BCUT2D eigenvalue weighted by molar-refractivity contribution is 5.82. The van der Waals surface area contributed by atoms with Crippen LogP contribution in [0, 0.1) is 0 Å². The predicted molar refractivity (Wildman–Crippen MR) is 94.6 cm³/mol. The lowest BCUT2D eigenvalue weighted by atomic mass is 10.0. The van der Waals surface area contributed by atoms with E-state index in [0.29, 0.717) is 23.4 Å². The number of hydrogen-bond donors (Lipinski definition) is 3. The monoisotopic (exact) mass is 308 g/mol. The molecular weight excluding hydrogens is 288 g/mol. The zero-order valence-electron chi connectivity index (χ0n) is 13.3. The number of anilines is 2. The van der Waals surface area contributed by atoms with Gasteiger partial charge in [-0.05, 0) is 35.2 Å². The van der Waals surface area contributed by atoms with Crippen LogP contribution in [-0.4, -0.2) is 9.97 Å². The number of aromatic nitrogens is 2. The van der Waals surface area contributed by atoms with E-state index in [-0.39, 0.29) is 11.5 Å². The molecule has 5 heteroatoms. The molecule has 0 atom stereocenters. The van der Waals surface area contributed by atoms with E-state index in [1.807, 2.05) is 6.07 Å². The number of benzene rings is 2. The number of nitrogens with two attached hydrogens (primary N) is 1. The van der Waals surface area contributed by atoms with Gasteiger partial charge in [0, 0.05) is 12.2 Å². The Bertz CT molecular complexity index is 882. The largest absolute Gasteiger partial charge is 0.381 e. The van der Waals surface area contributed by atoms with Gasteiger partial charge in [0.2, 0.25) is 5.95 Å². The molecule has 0 amide bonds. The van der Waals surface area contributed by atoms with E-state index in [4.69, 9.17) is 5.73 Å². The van der Waals surface area contributed by atoms with Gasteiger partial charge in [-0.1, -0.05) is 38.1 Å². The Labute approximate surface area is 134 Å². The molecular formula is C18H20N4O. The topological polar surface area (TPSA) is 83.8 Å². The van der Waals surface area contributed by atoms with Gasteiger partial charge in [0.1, 0.15) is 0 Å². The first kappa shape index (κ1) is 15.1. The van der Waals surface area contributed by atoms with Gasteiger partial charge in [-0.3, -0.25) is 9.78 Å². The number of hydrogen-bond acceptors (Lipinski definition) is 4. The lowest BCUT2D eigenvalue weighted by molar-refractivity contribution is 0.865. The summed E-state index contributed by atoms with van der Waals surface area (Å²) in [6.07, 6.45) is 0. The first-order chi connectivity index (χ1) is 11.0. The quantitative estimate of drug-likeness (QED) is 0.691. The van der Waals surface area contributed by atoms with E-state index >= 15 is 0 Å². The Morgan fingerprint density at radius 2 is 1.91 bits per heavy atom. The molecule has 4 N–H and O–H groups in total. The molecule has 0 aliphatic carbocycles. The molecule has 0 bridgehead atoms. The van der Waals surface area contributed by atoms with Gasteiger partial charge in [0.25, 0.3) is 5.56 Å². The van der Waals surface area contributed by atoms with E-state index in [0.717, 1.165) is 5.69 Å². The van der Waals surface area contributed by atoms with Crippen molar-refractivity contribution in [3.8, 4) is 0 Å². The van der Waals surface area contributed by atoms with Crippen LogP contribution in [0.5, 0.6) is 0 Å². The second-order valence-electron chi connectivity index (χ2n) is 5.93. The van der Waals surface area contributed by atoms with E-state index in [1.165, 1.54) is 11.1 Å². The minimum absolute atomic E-state index is 0.133. The third-order valence-corrected chi connectivity index (χ3v) is 3.87. The van der Waals surface area contributed by atoms with Gasteiger partial charge in [-0.15, -0.1) is 0 Å². The highest BCUT2D eigenvalue weighted by Crippen LogP contribution is 2.18. The minimum atomic E-state index is -0.225. The summed E-state index contributed by atoms with van der Waals surface area (Å²) in [5.74, 6) is 0.664. The van der Waals surface area contributed by atoms with Crippen molar-refractivity contribution in [1.29, 1.82) is 0 Å². The van der Waals surface area contributed by atoms with Gasteiger partial charge in [0.15, 0.2) is 0 Å². The zero-order valence-corrected chi connectivity index (χ0v) is 13.3. The van der Waals surface area contributed by atoms with Gasteiger partial charge in [0.05, 0.1) is 10.9 Å². The summed E-state index contributed by atoms with van der Waals surface area (Å²) in [6, 6.07) is 14.0. The average Bonchev–Trinajstić information content (AvgIpc) is 2.53. The van der Waals surface area contributed by atoms with Crippen LogP contribution in [0.2, 0.25) is 0 Å². The maximum Gasteiger partial charge on any atom is 0.260 e. The molecule has 1 aromatic heterocycles. The standard InChI is InChI=1S/C18H20N4O/c1-11(2)13-5-3-12(4-6-13)10-20-14-7-8-16-15(9-14)17(23)22-18(19)21-16/h3-9,11,20H,10H2,1-2H3,(H3,19,21,22,23). The summed E-state index contributed by atoms with van der Waals surface area (Å²) < 4.78 is 0. The summed E-state index contributed by atoms with van der Waals surface area (Å²) in [7, 11) is 0. The van der Waals surface area contributed by atoms with E-state index in [2.05, 4.69) is 53.4 Å². The highest BCUT2D eigenvalue weighted by Gasteiger charge is 2.04. The molecule has 0 radical (unpaired) electrons. The van der Waals surface area contributed by atoms with Crippen LogP contribution in [0.1, 0.15) is 30.9 Å². The second kappa shape index (κ2) is 6.12. The van der Waals surface area contributed by atoms with Crippen LogP contribution in [0.15, 0.2) is 47.3 Å². The molecule has 23 heavy (non-hydrogen) atoms. The fourth-order valence-electron chi connectivity index (χ4n) is 2.49. The van der Waals surface area contributed by atoms with Crippen molar-refractivity contribution in [3.63, 3.8) is 0 Å². The minimum Gasteiger partial charge on any atom is -0.381 e. The Morgan fingerprint density at radius 1 is 1.17 bits per heavy atom. The average molecular weight is 308 g/mol. The van der Waals surface area contributed by atoms with Crippen molar-refractivity contribution in [2.75, 3.05) is 11.1 Å². The summed E-state index contributed by atoms with van der Waals surface area (Å²) >= 11 is 0. The fourth-order valence-corrected chi connectivity index (χ4v) is 2.49. The van der Waals surface area contributed by atoms with Gasteiger partial charge in [-0.2, -0.15) is 0 Å². The predicted octanol–water partition coefficient (Wildman–Crippen LogP) is 3.24. The molecule has 2 aromatic carbocycles. The van der Waals surface area contributed by atoms with Gasteiger partial charge < -0.3 is 11.1 Å². The van der Waals surface area contributed by atoms with Crippen molar-refractivity contribution in [2.45, 2.75) is 26.3 Å². The third kappa shape index (κ3) is 3.34. The SMILES string of the molecule is CC(C)c1ccc(CNc2ccc3nc(N)[nH]c(=O)c3c2)cc1. The molecule has 0 unspecified atom stereocenters. The second-order valence-corrected chi connectivity index (χ2v) is 5.93. The first-order valence-corrected chi connectivity index (χ1v) is 7.65. The van der Waals surface area contributed by atoms with Crippen molar-refractivity contribution in [2.24, 2.45) is 0 Å². The van der Waals surface area contributed by atoms with Crippen LogP contribution in [0.25, 0.3) is 10.9 Å². The highest BCUT2D eigenvalue weighted by atomic mass is 16.1. The van der Waals surface area contributed by atoms with Gasteiger partial charge in [-0.25, -0.2) is 4.98 Å². The number of nitrogen functional groups attached to an aromatic ring is 1. The van der Waals surface area contributed by atoms with Crippen molar-refractivity contribution in [3.05, 3.63) is 63.9 Å². The Morgan fingerprint density at radius 3 is 2.61 bits per heavy atom. The third-order valence-electron chi connectivity index (χ3n) is 3.87. The van der Waals surface area contributed by atoms with Crippen LogP contribution < -0.4 is 16.6 Å². The van der Waals surface area contributed by atoms with Crippen molar-refractivity contribution < 1.29 is 0 Å². The number of aromatic amines is 1. The summed E-state index contributed by atoms with van der Waals surface area (Å²) in [4.78, 5) is 18.6. The lowest BCUT2D eigenvalue weighted by Gasteiger charge is -2.09. The Hall–Kier alpha value is -2.82. The van der Waals surface area contributed by atoms with Crippen LogP contribution in [-0.2, 0) is 6.54 Å². The summed E-state index contributed by atoms with van der Waals surface area (Å²) in [5.41, 5.74) is 9.32. The number of fused-ring (bicyclic) bond motifs is 1. The van der Waals surface area contributed by atoms with Crippen LogP contribution in [0.3, 0.4) is 0 Å². The summed E-state index contributed by atoms with van der Waals surface area (Å²) in [5, 5.41) is 3.86. The van der Waals surface area contributed by atoms with E-state index in [9.17, 15) is 4.79 Å². The number of H-pyrrole nitrogens is 1. The van der Waals surface area contributed by atoms with Gasteiger partial charge >= 0.3 is 0 Å². The molecule has 5 nitrogen and oxygen atoms in total. The first-order valence-electron chi connectivity index (χ1n) is 7.65. The molecule has 0 saturated heterocycles. The van der Waals surface area contributed by atoms with Crippen molar-refractivity contribution >= 4 is 22.5 Å². The molecule has 1 heterocycles. The Balaban J connectivity index is 1.78. The Kier molecular flexibility index (Phi) is 4.02. The number of rotatable bonds is 4. The smallest absolute Gasteiger partial charge is 0.260 e. The fraction of sp³-hybridized carbons (Fsp3) is 0.222. The normalized spacial score (nSPS) is 11.1. The number of nitrogens with one attached hydrogen (secondary N) is 2. The molecule has 0 spiro atoms. The molecule has 0 fully saturated rings.